The predicted octanol–water partition coefficient (Wildman–Crippen LogP) is 4.91. The largest absolute Gasteiger partial charge is 0.476 e. The monoisotopic (exact) mass is 500 g/mol. The summed E-state index contributed by atoms with van der Waals surface area (Å²) in [6.45, 7) is 0.895. The number of aromatic nitrogens is 1. The summed E-state index contributed by atoms with van der Waals surface area (Å²) in [5.41, 5.74) is 2.32. The Kier molecular flexibility index (Phi) is 8.10. The van der Waals surface area contributed by atoms with E-state index in [4.69, 9.17) is 4.84 Å². The molecule has 184 valence electrons. The van der Waals surface area contributed by atoms with Gasteiger partial charge in [-0.25, -0.2) is 9.78 Å². The number of thiazole rings is 1. The van der Waals surface area contributed by atoms with Crippen molar-refractivity contribution in [2.75, 3.05) is 32.6 Å². The van der Waals surface area contributed by atoms with Crippen molar-refractivity contribution in [3.05, 3.63) is 119 Å². The molecule has 0 aliphatic carbocycles. The highest BCUT2D eigenvalue weighted by atomic mass is 32.1. The van der Waals surface area contributed by atoms with E-state index < -0.39 is 11.5 Å². The molecule has 2 N–H and O–H groups in total. The van der Waals surface area contributed by atoms with Crippen LogP contribution in [-0.4, -0.2) is 53.9 Å². The lowest BCUT2D eigenvalue weighted by molar-refractivity contribution is -0.129. The van der Waals surface area contributed by atoms with Crippen molar-refractivity contribution in [2.45, 2.75) is 5.54 Å². The maximum Gasteiger partial charge on any atom is 0.360 e. The molecule has 4 rings (SSSR count). The molecule has 8 heteroatoms. The fourth-order valence-electron chi connectivity index (χ4n) is 3.91. The second-order valence-electron chi connectivity index (χ2n) is 8.39. The Bertz CT molecular complexity index is 1200. The predicted molar refractivity (Wildman–Crippen MR) is 144 cm³/mol. The molecule has 3 aromatic carbocycles. The molecule has 0 saturated carbocycles. The standard InChI is InChI=1S/C28H28N4O3S/c1-32(2)18-19-35-31-25(26(33)34)24-20-36-27(29-24)30-28(21-12-6-3-7-13-21,22-14-8-4-9-15-22)23-16-10-5-11-17-23/h3-17,20H,18-19H2,1-2H3,(H,29,30)(H,33,34)/b31-25-. The first-order chi connectivity index (χ1) is 17.5. The number of hydrogen-bond acceptors (Lipinski definition) is 7. The summed E-state index contributed by atoms with van der Waals surface area (Å²) in [4.78, 5) is 23.7. The number of nitrogens with zero attached hydrogens (tertiary/aromatic N) is 3. The quantitative estimate of drug-likeness (QED) is 0.132. The average Bonchev–Trinajstić information content (AvgIpc) is 3.36. The third-order valence-corrected chi connectivity index (χ3v) is 6.41. The van der Waals surface area contributed by atoms with Gasteiger partial charge in [0, 0.05) is 11.9 Å². The number of carbonyl (C=O) groups is 1. The Morgan fingerprint density at radius 1 is 0.944 bits per heavy atom. The average molecular weight is 501 g/mol. The van der Waals surface area contributed by atoms with Gasteiger partial charge in [-0.3, -0.25) is 0 Å². The smallest absolute Gasteiger partial charge is 0.360 e. The zero-order valence-electron chi connectivity index (χ0n) is 20.2. The van der Waals surface area contributed by atoms with Crippen LogP contribution in [0.2, 0.25) is 0 Å². The van der Waals surface area contributed by atoms with Gasteiger partial charge in [0.1, 0.15) is 17.8 Å². The second kappa shape index (κ2) is 11.6. The third-order valence-electron chi connectivity index (χ3n) is 5.65. The summed E-state index contributed by atoms with van der Waals surface area (Å²) in [7, 11) is 3.81. The highest BCUT2D eigenvalue weighted by Gasteiger charge is 2.37. The van der Waals surface area contributed by atoms with Gasteiger partial charge < -0.3 is 20.2 Å². The van der Waals surface area contributed by atoms with Gasteiger partial charge in [-0.2, -0.15) is 0 Å². The summed E-state index contributed by atoms with van der Waals surface area (Å²) in [6, 6.07) is 30.4. The number of likely N-dealkylation sites (N-methyl/N-ethyl adjacent to an activating group) is 1. The Morgan fingerprint density at radius 2 is 1.44 bits per heavy atom. The Labute approximate surface area is 214 Å². The molecule has 0 unspecified atom stereocenters. The SMILES string of the molecule is CN(C)CCO/N=C(\C(=O)O)c1csc(NC(c2ccccc2)(c2ccccc2)c2ccccc2)n1. The third kappa shape index (κ3) is 5.62. The Hall–Kier alpha value is -4.01. The van der Waals surface area contributed by atoms with Crippen LogP contribution in [0.25, 0.3) is 0 Å². The summed E-state index contributed by atoms with van der Waals surface area (Å²) in [5, 5.41) is 19.5. The highest BCUT2D eigenvalue weighted by Crippen LogP contribution is 2.40. The summed E-state index contributed by atoms with van der Waals surface area (Å²) in [5.74, 6) is -1.20. The molecule has 0 amide bonds. The molecule has 4 aromatic rings. The van der Waals surface area contributed by atoms with Crippen LogP contribution in [0.5, 0.6) is 0 Å². The number of carboxylic acids is 1. The van der Waals surface area contributed by atoms with E-state index in [9.17, 15) is 9.90 Å². The molecule has 0 aliphatic rings. The lowest BCUT2D eigenvalue weighted by atomic mass is 9.77. The van der Waals surface area contributed by atoms with Gasteiger partial charge in [-0.05, 0) is 30.8 Å². The van der Waals surface area contributed by atoms with Gasteiger partial charge in [0.25, 0.3) is 0 Å². The molecule has 36 heavy (non-hydrogen) atoms. The van der Waals surface area contributed by atoms with Crippen molar-refractivity contribution in [1.82, 2.24) is 9.88 Å². The second-order valence-corrected chi connectivity index (χ2v) is 9.25. The van der Waals surface area contributed by atoms with Crippen LogP contribution in [0.4, 0.5) is 5.13 Å². The molecule has 0 atom stereocenters. The van der Waals surface area contributed by atoms with E-state index in [1.165, 1.54) is 11.3 Å². The number of aliphatic carboxylic acids is 1. The van der Waals surface area contributed by atoms with E-state index in [-0.39, 0.29) is 18.0 Å². The van der Waals surface area contributed by atoms with Crippen molar-refractivity contribution in [2.24, 2.45) is 5.16 Å². The van der Waals surface area contributed by atoms with Gasteiger partial charge in [-0.1, -0.05) is 96.2 Å². The molecule has 0 fully saturated rings. The summed E-state index contributed by atoms with van der Waals surface area (Å²) < 4.78 is 0. The maximum absolute atomic E-state index is 11.9. The van der Waals surface area contributed by atoms with Gasteiger partial charge >= 0.3 is 5.97 Å². The minimum atomic E-state index is -1.20. The van der Waals surface area contributed by atoms with E-state index in [0.717, 1.165) is 16.7 Å². The van der Waals surface area contributed by atoms with E-state index >= 15 is 0 Å². The number of rotatable bonds is 11. The topological polar surface area (TPSA) is 87.0 Å². The molecule has 0 radical (unpaired) electrons. The normalized spacial score (nSPS) is 11.9. The molecule has 0 aliphatic heterocycles. The van der Waals surface area contributed by atoms with Gasteiger partial charge in [0.2, 0.25) is 5.71 Å². The fraction of sp³-hybridized carbons (Fsp3) is 0.179. The number of carboxylic acid groups (broad SMARTS) is 1. The fourth-order valence-corrected chi connectivity index (χ4v) is 4.66. The van der Waals surface area contributed by atoms with Crippen LogP contribution in [0.15, 0.2) is 102 Å². The zero-order chi connectivity index (χ0) is 25.4. The van der Waals surface area contributed by atoms with Gasteiger partial charge in [0.05, 0.1) is 0 Å². The van der Waals surface area contributed by atoms with Crippen LogP contribution < -0.4 is 5.32 Å². The molecule has 0 saturated heterocycles. The van der Waals surface area contributed by atoms with Crippen molar-refractivity contribution < 1.29 is 14.7 Å². The number of oxime groups is 1. The van der Waals surface area contributed by atoms with Crippen molar-refractivity contribution in [3.8, 4) is 0 Å². The lowest BCUT2D eigenvalue weighted by Gasteiger charge is -2.36. The molecule has 1 heterocycles. The number of nitrogens with one attached hydrogen (secondary N) is 1. The molecular formula is C28H28N4O3S. The zero-order valence-corrected chi connectivity index (χ0v) is 21.0. The van der Waals surface area contributed by atoms with E-state index in [1.807, 2.05) is 73.6 Å². The van der Waals surface area contributed by atoms with Crippen molar-refractivity contribution in [3.63, 3.8) is 0 Å². The minimum absolute atomic E-state index is 0.234. The summed E-state index contributed by atoms with van der Waals surface area (Å²) in [6.07, 6.45) is 0. The van der Waals surface area contributed by atoms with E-state index in [2.05, 4.69) is 51.9 Å². The van der Waals surface area contributed by atoms with Gasteiger partial charge in [0.15, 0.2) is 5.13 Å². The highest BCUT2D eigenvalue weighted by molar-refractivity contribution is 7.14. The number of benzene rings is 3. The van der Waals surface area contributed by atoms with Crippen LogP contribution in [0.3, 0.4) is 0 Å². The van der Waals surface area contributed by atoms with Crippen LogP contribution in [-0.2, 0) is 15.2 Å². The first-order valence-corrected chi connectivity index (χ1v) is 12.4. The molecule has 1 aromatic heterocycles. The van der Waals surface area contributed by atoms with Gasteiger partial charge in [-0.15, -0.1) is 11.3 Å². The summed E-state index contributed by atoms with van der Waals surface area (Å²) >= 11 is 1.32. The van der Waals surface area contributed by atoms with Crippen molar-refractivity contribution in [1.29, 1.82) is 0 Å². The van der Waals surface area contributed by atoms with Crippen LogP contribution in [0.1, 0.15) is 22.4 Å². The van der Waals surface area contributed by atoms with Crippen LogP contribution in [0, 0.1) is 0 Å². The molecular weight excluding hydrogens is 472 g/mol. The molecule has 0 bridgehead atoms. The maximum atomic E-state index is 11.9. The number of anilines is 1. The van der Waals surface area contributed by atoms with E-state index in [1.54, 1.807) is 5.38 Å². The first-order valence-electron chi connectivity index (χ1n) is 11.5. The Morgan fingerprint density at radius 3 is 1.89 bits per heavy atom. The van der Waals surface area contributed by atoms with Crippen LogP contribution >= 0.6 is 11.3 Å². The Balaban J connectivity index is 1.77. The number of hydrogen-bond donors (Lipinski definition) is 2. The first kappa shape index (κ1) is 25.1. The van der Waals surface area contributed by atoms with E-state index in [0.29, 0.717) is 11.7 Å². The molecule has 7 nitrogen and oxygen atoms in total. The van der Waals surface area contributed by atoms with Crippen molar-refractivity contribution >= 4 is 28.1 Å². The minimum Gasteiger partial charge on any atom is -0.476 e. The molecule has 0 spiro atoms. The lowest BCUT2D eigenvalue weighted by Crippen LogP contribution is -2.38.